The van der Waals surface area contributed by atoms with Gasteiger partial charge in [-0.25, -0.2) is 0 Å². The van der Waals surface area contributed by atoms with E-state index in [-0.39, 0.29) is 18.0 Å². The maximum Gasteiger partial charge on any atom is 0.253 e. The number of tetrazole rings is 1. The number of carbonyl (C=O) groups excluding carboxylic acids is 1. The highest BCUT2D eigenvalue weighted by Gasteiger charge is 2.30. The molecule has 0 bridgehead atoms. The van der Waals surface area contributed by atoms with E-state index in [0.29, 0.717) is 27.9 Å². The molecule has 1 N–H and O–H groups in total. The molecule has 138 valence electrons. The molecule has 4 rings (SSSR count). The van der Waals surface area contributed by atoms with E-state index in [4.69, 9.17) is 11.6 Å². The lowest BCUT2D eigenvalue weighted by Crippen LogP contribution is -2.28. The molecule has 1 aromatic carbocycles. The summed E-state index contributed by atoms with van der Waals surface area (Å²) in [5.74, 6) is 0.810. The Morgan fingerprint density at radius 1 is 1.33 bits per heavy atom. The van der Waals surface area contributed by atoms with Crippen LogP contribution in [-0.2, 0) is 11.3 Å². The Balaban J connectivity index is 1.56. The molecule has 0 spiro atoms. The fraction of sp³-hybridized carbons (Fsp3) is 0.278. The minimum Gasteiger partial charge on any atom is -0.324 e. The minimum absolute atomic E-state index is 0.0727. The molecule has 2 aromatic heterocycles. The van der Waals surface area contributed by atoms with Gasteiger partial charge in [-0.05, 0) is 54.5 Å². The van der Waals surface area contributed by atoms with Gasteiger partial charge in [0.1, 0.15) is 6.54 Å². The maximum absolute atomic E-state index is 12.4. The third-order valence-corrected chi connectivity index (χ3v) is 4.74. The lowest BCUT2D eigenvalue weighted by atomic mass is 10.2. The van der Waals surface area contributed by atoms with Gasteiger partial charge in [-0.2, -0.15) is 4.68 Å². The van der Waals surface area contributed by atoms with Crippen LogP contribution in [-0.4, -0.2) is 30.7 Å². The van der Waals surface area contributed by atoms with Crippen LogP contribution in [0, 0.1) is 6.92 Å². The number of amides is 1. The van der Waals surface area contributed by atoms with Crippen LogP contribution in [0.3, 0.4) is 0 Å². The maximum atomic E-state index is 12.4. The number of benzene rings is 1. The molecule has 0 saturated heterocycles. The number of rotatable bonds is 5. The Morgan fingerprint density at radius 2 is 2.15 bits per heavy atom. The number of aromatic nitrogens is 5. The van der Waals surface area contributed by atoms with Crippen molar-refractivity contribution in [2.24, 2.45) is 0 Å². The Kier molecular flexibility index (Phi) is 4.49. The van der Waals surface area contributed by atoms with Crippen LogP contribution < -0.4 is 10.9 Å². The van der Waals surface area contributed by atoms with Gasteiger partial charge in [-0.3, -0.25) is 9.59 Å². The summed E-state index contributed by atoms with van der Waals surface area (Å²) in [6.45, 7) is 1.64. The third kappa shape index (κ3) is 3.61. The van der Waals surface area contributed by atoms with Crippen molar-refractivity contribution in [1.29, 1.82) is 0 Å². The molecule has 0 aliphatic heterocycles. The number of aryl methyl sites for hydroxylation is 1. The van der Waals surface area contributed by atoms with Crippen LogP contribution >= 0.6 is 11.6 Å². The van der Waals surface area contributed by atoms with Crippen molar-refractivity contribution in [3.63, 3.8) is 0 Å². The predicted octanol–water partition coefficient (Wildman–Crippen LogP) is 2.30. The first-order chi connectivity index (χ1) is 13.0. The molecule has 0 unspecified atom stereocenters. The van der Waals surface area contributed by atoms with Gasteiger partial charge in [-0.1, -0.05) is 17.7 Å². The van der Waals surface area contributed by atoms with Crippen LogP contribution in [0.25, 0.3) is 5.69 Å². The fourth-order valence-electron chi connectivity index (χ4n) is 2.85. The average Bonchev–Trinajstić information content (AvgIpc) is 3.37. The summed E-state index contributed by atoms with van der Waals surface area (Å²) in [4.78, 5) is 24.4. The van der Waals surface area contributed by atoms with Crippen LogP contribution in [0.15, 0.2) is 41.3 Å². The highest BCUT2D eigenvalue weighted by Crippen LogP contribution is 2.39. The van der Waals surface area contributed by atoms with E-state index >= 15 is 0 Å². The highest BCUT2D eigenvalue weighted by molar-refractivity contribution is 6.32. The summed E-state index contributed by atoms with van der Waals surface area (Å²) in [6, 6.07) is 8.56. The zero-order chi connectivity index (χ0) is 19.0. The first-order valence-electron chi connectivity index (χ1n) is 8.57. The van der Waals surface area contributed by atoms with Crippen molar-refractivity contribution in [2.45, 2.75) is 32.2 Å². The summed E-state index contributed by atoms with van der Waals surface area (Å²) in [5, 5.41) is 15.1. The zero-order valence-electron chi connectivity index (χ0n) is 14.6. The summed E-state index contributed by atoms with van der Waals surface area (Å²) in [5.41, 5.74) is 1.56. The number of nitrogens with zero attached hydrogens (tertiary/aromatic N) is 5. The van der Waals surface area contributed by atoms with Crippen molar-refractivity contribution in [1.82, 2.24) is 24.8 Å². The molecule has 1 saturated carbocycles. The van der Waals surface area contributed by atoms with E-state index in [1.807, 2.05) is 0 Å². The molecule has 0 atom stereocenters. The van der Waals surface area contributed by atoms with E-state index in [1.165, 1.54) is 4.57 Å². The Hall–Kier alpha value is -3.00. The normalized spacial score (nSPS) is 13.6. The SMILES string of the molecule is Cc1cccn(CC(=O)Nc2ccc(Cl)c(-n3nnnc3C3CC3)c2)c1=O. The molecule has 1 fully saturated rings. The van der Waals surface area contributed by atoms with Crippen molar-refractivity contribution < 1.29 is 4.79 Å². The number of hydrogen-bond acceptors (Lipinski definition) is 5. The van der Waals surface area contributed by atoms with Gasteiger partial charge in [0.15, 0.2) is 5.82 Å². The third-order valence-electron chi connectivity index (χ3n) is 4.42. The molecule has 1 amide bonds. The van der Waals surface area contributed by atoms with Crippen molar-refractivity contribution >= 4 is 23.2 Å². The van der Waals surface area contributed by atoms with E-state index in [0.717, 1.165) is 18.7 Å². The average molecular weight is 385 g/mol. The molecular formula is C18H17ClN6O2. The number of hydrogen-bond donors (Lipinski definition) is 1. The molecule has 1 aliphatic rings. The van der Waals surface area contributed by atoms with Crippen molar-refractivity contribution in [3.8, 4) is 5.69 Å². The number of carbonyl (C=O) groups is 1. The van der Waals surface area contributed by atoms with Gasteiger partial charge in [0.05, 0.1) is 10.7 Å². The fourth-order valence-corrected chi connectivity index (χ4v) is 3.05. The summed E-state index contributed by atoms with van der Waals surface area (Å²) in [7, 11) is 0. The molecule has 8 nitrogen and oxygen atoms in total. The molecule has 9 heteroatoms. The number of nitrogens with one attached hydrogen (secondary N) is 1. The largest absolute Gasteiger partial charge is 0.324 e. The molecule has 3 aromatic rings. The molecule has 0 radical (unpaired) electrons. The van der Waals surface area contributed by atoms with Crippen molar-refractivity contribution in [2.75, 3.05) is 5.32 Å². The second-order valence-electron chi connectivity index (χ2n) is 6.56. The lowest BCUT2D eigenvalue weighted by Gasteiger charge is -2.11. The molecule has 1 aliphatic carbocycles. The minimum atomic E-state index is -0.310. The number of pyridine rings is 1. The summed E-state index contributed by atoms with van der Waals surface area (Å²) in [6.07, 6.45) is 3.70. The summed E-state index contributed by atoms with van der Waals surface area (Å²) < 4.78 is 2.98. The van der Waals surface area contributed by atoms with Gasteiger partial charge in [0.2, 0.25) is 5.91 Å². The first kappa shape index (κ1) is 17.4. The van der Waals surface area contributed by atoms with Crippen LogP contribution in [0.5, 0.6) is 0 Å². The summed E-state index contributed by atoms with van der Waals surface area (Å²) >= 11 is 6.31. The van der Waals surface area contributed by atoms with E-state index in [2.05, 4.69) is 20.8 Å². The van der Waals surface area contributed by atoms with Gasteiger partial charge in [-0.15, -0.1) is 5.10 Å². The number of halogens is 1. The Morgan fingerprint density at radius 3 is 2.93 bits per heavy atom. The smallest absolute Gasteiger partial charge is 0.253 e. The number of anilines is 1. The molecule has 27 heavy (non-hydrogen) atoms. The van der Waals surface area contributed by atoms with Gasteiger partial charge in [0, 0.05) is 23.4 Å². The standard InChI is InChI=1S/C18H17ClN6O2/c1-11-3-2-8-24(18(11)27)10-16(26)20-13-6-7-14(19)15(9-13)25-17(12-4-5-12)21-22-23-25/h2-3,6-9,12H,4-5,10H2,1H3,(H,20,26). The quantitative estimate of drug-likeness (QED) is 0.728. The Labute approximate surface area is 159 Å². The van der Waals surface area contributed by atoms with E-state index in [9.17, 15) is 9.59 Å². The monoisotopic (exact) mass is 384 g/mol. The van der Waals surface area contributed by atoms with E-state index in [1.54, 1.807) is 48.1 Å². The predicted molar refractivity (Wildman–Crippen MR) is 100 cm³/mol. The zero-order valence-corrected chi connectivity index (χ0v) is 15.3. The first-order valence-corrected chi connectivity index (χ1v) is 8.95. The highest BCUT2D eigenvalue weighted by atomic mass is 35.5. The van der Waals surface area contributed by atoms with Gasteiger partial charge < -0.3 is 9.88 Å². The Bertz CT molecular complexity index is 1070. The van der Waals surface area contributed by atoms with Crippen LogP contribution in [0.2, 0.25) is 5.02 Å². The van der Waals surface area contributed by atoms with Crippen molar-refractivity contribution in [3.05, 3.63) is 63.3 Å². The topological polar surface area (TPSA) is 94.7 Å². The van der Waals surface area contributed by atoms with Crippen LogP contribution in [0.1, 0.15) is 30.1 Å². The lowest BCUT2D eigenvalue weighted by molar-refractivity contribution is -0.116. The van der Waals surface area contributed by atoms with Crippen LogP contribution in [0.4, 0.5) is 5.69 Å². The second-order valence-corrected chi connectivity index (χ2v) is 6.97. The van der Waals surface area contributed by atoms with Gasteiger partial charge >= 0.3 is 0 Å². The molecular weight excluding hydrogens is 368 g/mol. The van der Waals surface area contributed by atoms with Gasteiger partial charge in [0.25, 0.3) is 5.56 Å². The molecule has 2 heterocycles. The second kappa shape index (κ2) is 6.96. The van der Waals surface area contributed by atoms with E-state index < -0.39 is 0 Å².